The number of carbonyl (C=O) groups is 2. The van der Waals surface area contributed by atoms with Gasteiger partial charge >= 0.3 is 5.97 Å². The van der Waals surface area contributed by atoms with E-state index in [2.05, 4.69) is 0 Å². The molecule has 2 aliphatic rings. The first-order chi connectivity index (χ1) is 8.53. The van der Waals surface area contributed by atoms with Crippen LogP contribution in [0.5, 0.6) is 0 Å². The molecule has 2 saturated heterocycles. The number of carbonyl (C=O) groups excluding carboxylic acids is 1. The number of carboxylic acid groups (broad SMARTS) is 1. The van der Waals surface area contributed by atoms with Crippen LogP contribution in [0.1, 0.15) is 32.6 Å². The van der Waals surface area contributed by atoms with Crippen LogP contribution >= 0.6 is 0 Å². The Morgan fingerprint density at radius 1 is 1.39 bits per heavy atom. The fourth-order valence-corrected chi connectivity index (χ4v) is 2.85. The van der Waals surface area contributed by atoms with E-state index in [1.165, 1.54) is 0 Å². The molecule has 0 bridgehead atoms. The van der Waals surface area contributed by atoms with Gasteiger partial charge in [-0.25, -0.2) is 0 Å². The first-order valence-electron chi connectivity index (χ1n) is 6.63. The maximum atomic E-state index is 12.5. The molecule has 0 aromatic carbocycles. The van der Waals surface area contributed by atoms with Gasteiger partial charge in [0.05, 0.1) is 17.9 Å². The van der Waals surface area contributed by atoms with E-state index in [1.54, 1.807) is 4.90 Å². The van der Waals surface area contributed by atoms with Crippen LogP contribution in [-0.2, 0) is 14.3 Å². The molecule has 2 aliphatic heterocycles. The van der Waals surface area contributed by atoms with Crippen molar-refractivity contribution in [2.24, 2.45) is 11.3 Å². The number of amides is 1. The maximum Gasteiger partial charge on any atom is 0.308 e. The highest BCUT2D eigenvalue weighted by atomic mass is 16.5. The fraction of sp³-hybridized carbons (Fsp3) is 0.846. The lowest BCUT2D eigenvalue weighted by Crippen LogP contribution is -2.51. The van der Waals surface area contributed by atoms with Crippen LogP contribution in [0.25, 0.3) is 0 Å². The molecule has 18 heavy (non-hydrogen) atoms. The van der Waals surface area contributed by atoms with Crippen LogP contribution < -0.4 is 0 Å². The Morgan fingerprint density at radius 2 is 2.17 bits per heavy atom. The lowest BCUT2D eigenvalue weighted by atomic mass is 9.82. The van der Waals surface area contributed by atoms with Crippen molar-refractivity contribution in [3.8, 4) is 0 Å². The van der Waals surface area contributed by atoms with Crippen molar-refractivity contribution >= 4 is 11.9 Å². The molecule has 1 amide bonds. The normalized spacial score (nSPS) is 33.2. The zero-order valence-corrected chi connectivity index (χ0v) is 10.9. The molecule has 0 radical (unpaired) electrons. The third-order valence-electron chi connectivity index (χ3n) is 4.01. The number of hydrogen-bond donors (Lipinski definition) is 1. The second-order valence-electron chi connectivity index (χ2n) is 5.65. The molecule has 0 spiro atoms. The molecule has 0 aromatic rings. The summed E-state index contributed by atoms with van der Waals surface area (Å²) in [5.74, 6) is -1.14. The zero-order valence-electron chi connectivity index (χ0n) is 10.9. The Balaban J connectivity index is 2.01. The lowest BCUT2D eigenvalue weighted by Gasteiger charge is -2.39. The van der Waals surface area contributed by atoms with Gasteiger partial charge in [0.15, 0.2) is 0 Å². The Morgan fingerprint density at radius 3 is 2.78 bits per heavy atom. The van der Waals surface area contributed by atoms with E-state index in [0.29, 0.717) is 26.1 Å². The van der Waals surface area contributed by atoms with E-state index in [4.69, 9.17) is 9.84 Å². The number of hydrogen-bond acceptors (Lipinski definition) is 3. The quantitative estimate of drug-likeness (QED) is 0.803. The van der Waals surface area contributed by atoms with Crippen LogP contribution in [0, 0.1) is 11.3 Å². The second-order valence-corrected chi connectivity index (χ2v) is 5.65. The fourth-order valence-electron chi connectivity index (χ4n) is 2.85. The summed E-state index contributed by atoms with van der Waals surface area (Å²) in [6.07, 6.45) is 3.19. The first kappa shape index (κ1) is 13.3. The number of rotatable bonds is 2. The minimum atomic E-state index is -0.794. The summed E-state index contributed by atoms with van der Waals surface area (Å²) in [6, 6.07) is 0. The maximum absolute atomic E-state index is 12.5. The predicted octanol–water partition coefficient (Wildman–Crippen LogP) is 1.13. The van der Waals surface area contributed by atoms with Gasteiger partial charge in [-0.15, -0.1) is 0 Å². The summed E-state index contributed by atoms with van der Waals surface area (Å²) in [4.78, 5) is 25.2. The highest BCUT2D eigenvalue weighted by Crippen LogP contribution is 2.31. The average molecular weight is 255 g/mol. The number of carboxylic acids is 1. The number of aliphatic carboxylic acids is 1. The van der Waals surface area contributed by atoms with Gasteiger partial charge < -0.3 is 14.7 Å². The van der Waals surface area contributed by atoms with Gasteiger partial charge in [0.25, 0.3) is 0 Å². The SMILES string of the molecule is CC1(C(=O)N2CCC[C@H](C(=O)O)C2)CCCOC1. The largest absolute Gasteiger partial charge is 0.481 e. The molecule has 0 saturated carbocycles. The Kier molecular flexibility index (Phi) is 3.90. The van der Waals surface area contributed by atoms with Gasteiger partial charge in [0.1, 0.15) is 0 Å². The number of ether oxygens (including phenoxy) is 1. The summed E-state index contributed by atoms with van der Waals surface area (Å²) in [6.45, 7) is 4.14. The van der Waals surface area contributed by atoms with E-state index >= 15 is 0 Å². The molecule has 2 fully saturated rings. The van der Waals surface area contributed by atoms with Crippen molar-refractivity contribution in [1.29, 1.82) is 0 Å². The smallest absolute Gasteiger partial charge is 0.308 e. The van der Waals surface area contributed by atoms with Crippen molar-refractivity contribution in [2.75, 3.05) is 26.3 Å². The van der Waals surface area contributed by atoms with Crippen LogP contribution in [0.3, 0.4) is 0 Å². The van der Waals surface area contributed by atoms with Gasteiger partial charge in [0, 0.05) is 19.7 Å². The van der Waals surface area contributed by atoms with Gasteiger partial charge in [-0.05, 0) is 32.6 Å². The van der Waals surface area contributed by atoms with Crippen molar-refractivity contribution in [2.45, 2.75) is 32.6 Å². The molecule has 0 aromatic heterocycles. The highest BCUT2D eigenvalue weighted by molar-refractivity contribution is 5.83. The summed E-state index contributed by atoms with van der Waals surface area (Å²) in [5.41, 5.74) is -0.460. The molecular formula is C13H21NO4. The monoisotopic (exact) mass is 255 g/mol. The number of likely N-dealkylation sites (tertiary alicyclic amines) is 1. The van der Waals surface area contributed by atoms with E-state index in [9.17, 15) is 9.59 Å². The topological polar surface area (TPSA) is 66.8 Å². The van der Waals surface area contributed by atoms with E-state index in [1.807, 2.05) is 6.92 Å². The molecule has 1 unspecified atom stereocenters. The molecule has 2 atom stereocenters. The molecule has 2 heterocycles. The lowest BCUT2D eigenvalue weighted by molar-refractivity contribution is -0.153. The van der Waals surface area contributed by atoms with Crippen LogP contribution in [0.15, 0.2) is 0 Å². The van der Waals surface area contributed by atoms with E-state index in [0.717, 1.165) is 25.9 Å². The summed E-state index contributed by atoms with van der Waals surface area (Å²) in [7, 11) is 0. The summed E-state index contributed by atoms with van der Waals surface area (Å²) in [5, 5.41) is 9.05. The molecule has 0 aliphatic carbocycles. The second kappa shape index (κ2) is 5.26. The molecule has 5 heteroatoms. The van der Waals surface area contributed by atoms with Crippen molar-refractivity contribution in [1.82, 2.24) is 4.90 Å². The third-order valence-corrected chi connectivity index (χ3v) is 4.01. The Hall–Kier alpha value is -1.10. The van der Waals surface area contributed by atoms with Crippen LogP contribution in [-0.4, -0.2) is 48.2 Å². The van der Waals surface area contributed by atoms with E-state index < -0.39 is 17.3 Å². The number of piperidine rings is 1. The summed E-state index contributed by atoms with van der Waals surface area (Å²) >= 11 is 0. The molecule has 2 rings (SSSR count). The minimum absolute atomic E-state index is 0.0631. The Bertz CT molecular complexity index is 336. The molecule has 5 nitrogen and oxygen atoms in total. The van der Waals surface area contributed by atoms with Crippen molar-refractivity contribution < 1.29 is 19.4 Å². The third kappa shape index (κ3) is 2.66. The molecule has 102 valence electrons. The van der Waals surface area contributed by atoms with Gasteiger partial charge in [-0.2, -0.15) is 0 Å². The highest BCUT2D eigenvalue weighted by Gasteiger charge is 2.40. The molecule has 1 N–H and O–H groups in total. The van der Waals surface area contributed by atoms with Gasteiger partial charge in [-0.1, -0.05) is 0 Å². The number of nitrogens with zero attached hydrogens (tertiary/aromatic N) is 1. The molecular weight excluding hydrogens is 234 g/mol. The van der Waals surface area contributed by atoms with Gasteiger partial charge in [0.2, 0.25) is 5.91 Å². The minimum Gasteiger partial charge on any atom is -0.481 e. The van der Waals surface area contributed by atoms with Crippen LogP contribution in [0.4, 0.5) is 0 Å². The summed E-state index contributed by atoms with van der Waals surface area (Å²) < 4.78 is 5.41. The standard InChI is InChI=1S/C13H21NO4/c1-13(5-3-7-18-9-13)12(17)14-6-2-4-10(8-14)11(15)16/h10H,2-9H2,1H3,(H,15,16)/t10-,13?/m0/s1. The van der Waals surface area contributed by atoms with Crippen molar-refractivity contribution in [3.63, 3.8) is 0 Å². The zero-order chi connectivity index (χ0) is 13.2. The van der Waals surface area contributed by atoms with Crippen LogP contribution in [0.2, 0.25) is 0 Å². The van der Waals surface area contributed by atoms with Gasteiger partial charge in [-0.3, -0.25) is 9.59 Å². The average Bonchev–Trinajstić information content (AvgIpc) is 2.39. The predicted molar refractivity (Wildman–Crippen MR) is 65.1 cm³/mol. The van der Waals surface area contributed by atoms with Crippen molar-refractivity contribution in [3.05, 3.63) is 0 Å². The van der Waals surface area contributed by atoms with E-state index in [-0.39, 0.29) is 5.91 Å². The Labute approximate surface area is 107 Å². The first-order valence-corrected chi connectivity index (χ1v) is 6.63.